The van der Waals surface area contributed by atoms with Gasteiger partial charge in [0.25, 0.3) is 0 Å². The fourth-order valence-electron chi connectivity index (χ4n) is 5.64. The van der Waals surface area contributed by atoms with Crippen molar-refractivity contribution in [2.24, 2.45) is 0 Å². The molecule has 0 rings (SSSR count). The van der Waals surface area contributed by atoms with Gasteiger partial charge in [-0.15, -0.1) is 0 Å². The molecule has 57 heavy (non-hydrogen) atoms. The van der Waals surface area contributed by atoms with Crippen LogP contribution in [-0.4, -0.2) is 37.2 Å². The third-order valence-electron chi connectivity index (χ3n) is 9.07. The monoisotopic (exact) mass is 791 g/mol. The van der Waals surface area contributed by atoms with Crippen LogP contribution in [0.15, 0.2) is 97.2 Å². The summed E-state index contributed by atoms with van der Waals surface area (Å²) in [5.74, 6) is -0.999. The molecule has 0 saturated heterocycles. The number of unbranched alkanes of at least 4 members (excludes halogenated alkanes) is 12. The Balaban J connectivity index is 4.31. The van der Waals surface area contributed by atoms with E-state index in [9.17, 15) is 14.4 Å². The van der Waals surface area contributed by atoms with E-state index < -0.39 is 6.10 Å². The van der Waals surface area contributed by atoms with Crippen LogP contribution in [0.3, 0.4) is 0 Å². The fraction of sp³-hybridized carbons (Fsp3) is 0.627. The molecule has 0 fully saturated rings. The van der Waals surface area contributed by atoms with Crippen LogP contribution in [0.2, 0.25) is 0 Å². The Morgan fingerprint density at radius 2 is 0.719 bits per heavy atom. The van der Waals surface area contributed by atoms with E-state index in [2.05, 4.69) is 118 Å². The molecule has 0 aromatic carbocycles. The summed E-state index contributed by atoms with van der Waals surface area (Å²) in [6.45, 7) is 6.31. The number of hydrogen-bond acceptors (Lipinski definition) is 6. The normalized spacial score (nSPS) is 13.0. The zero-order valence-electron chi connectivity index (χ0n) is 36.6. The van der Waals surface area contributed by atoms with E-state index in [4.69, 9.17) is 14.2 Å². The van der Waals surface area contributed by atoms with Crippen molar-refractivity contribution < 1.29 is 28.6 Å². The maximum Gasteiger partial charge on any atom is 0.306 e. The number of esters is 3. The predicted molar refractivity (Wildman–Crippen MR) is 242 cm³/mol. The molecule has 0 heterocycles. The number of allylic oxidation sites excluding steroid dienone is 16. The second kappa shape index (κ2) is 45.0. The molecule has 0 bridgehead atoms. The van der Waals surface area contributed by atoms with Crippen LogP contribution in [0.25, 0.3) is 0 Å². The third-order valence-corrected chi connectivity index (χ3v) is 9.07. The smallest absolute Gasteiger partial charge is 0.306 e. The lowest BCUT2D eigenvalue weighted by Crippen LogP contribution is -2.30. The lowest BCUT2D eigenvalue weighted by molar-refractivity contribution is -0.167. The molecule has 0 aliphatic heterocycles. The molecule has 1 unspecified atom stereocenters. The minimum absolute atomic E-state index is 0.101. The van der Waals surface area contributed by atoms with Crippen LogP contribution in [0.4, 0.5) is 0 Å². The molecule has 0 aromatic heterocycles. The first-order valence-corrected chi connectivity index (χ1v) is 22.7. The van der Waals surface area contributed by atoms with Gasteiger partial charge in [-0.3, -0.25) is 14.4 Å². The zero-order chi connectivity index (χ0) is 41.5. The SMILES string of the molecule is CC/C=C\C/C=C\C/C=C\C/C=C\C/C=C\C/C=C\C/C=C\CCCC(=O)OCC(COC(=O)CCCCCCC)OC(=O)CCCCCCC/C=C\CCCC. The van der Waals surface area contributed by atoms with Gasteiger partial charge in [0.1, 0.15) is 13.2 Å². The number of ether oxygens (including phenoxy) is 3. The Hall–Kier alpha value is -3.67. The van der Waals surface area contributed by atoms with E-state index in [1.54, 1.807) is 0 Å². The Kier molecular flexibility index (Phi) is 42.1. The van der Waals surface area contributed by atoms with Gasteiger partial charge in [-0.25, -0.2) is 0 Å². The van der Waals surface area contributed by atoms with Crippen molar-refractivity contribution in [2.45, 2.75) is 194 Å². The molecule has 0 amide bonds. The van der Waals surface area contributed by atoms with Crippen LogP contribution in [0.5, 0.6) is 0 Å². The van der Waals surface area contributed by atoms with Gasteiger partial charge < -0.3 is 14.2 Å². The van der Waals surface area contributed by atoms with Gasteiger partial charge in [0.15, 0.2) is 6.10 Å². The van der Waals surface area contributed by atoms with Gasteiger partial charge in [-0.05, 0) is 89.9 Å². The summed E-state index contributed by atoms with van der Waals surface area (Å²) in [6, 6.07) is 0. The summed E-state index contributed by atoms with van der Waals surface area (Å²) >= 11 is 0. The van der Waals surface area contributed by atoms with E-state index >= 15 is 0 Å². The zero-order valence-corrected chi connectivity index (χ0v) is 36.6. The molecule has 0 saturated carbocycles. The van der Waals surface area contributed by atoms with Crippen molar-refractivity contribution in [3.8, 4) is 0 Å². The highest BCUT2D eigenvalue weighted by Gasteiger charge is 2.19. The highest BCUT2D eigenvalue weighted by Crippen LogP contribution is 2.11. The molecular formula is C51H82O6. The van der Waals surface area contributed by atoms with Crippen molar-refractivity contribution >= 4 is 17.9 Å². The molecule has 1 atom stereocenters. The van der Waals surface area contributed by atoms with E-state index in [-0.39, 0.29) is 37.5 Å². The van der Waals surface area contributed by atoms with E-state index in [1.807, 2.05) is 0 Å². The third kappa shape index (κ3) is 43.3. The number of carbonyl (C=O) groups excluding carboxylic acids is 3. The van der Waals surface area contributed by atoms with Gasteiger partial charge in [-0.2, -0.15) is 0 Å². The molecular weight excluding hydrogens is 709 g/mol. The van der Waals surface area contributed by atoms with Crippen LogP contribution in [0.1, 0.15) is 188 Å². The second-order valence-electron chi connectivity index (χ2n) is 14.6. The average molecular weight is 791 g/mol. The highest BCUT2D eigenvalue weighted by molar-refractivity contribution is 5.71. The molecule has 322 valence electrons. The maximum absolute atomic E-state index is 12.6. The lowest BCUT2D eigenvalue weighted by atomic mass is 10.1. The Morgan fingerprint density at radius 3 is 1.21 bits per heavy atom. The first-order chi connectivity index (χ1) is 28.0. The van der Waals surface area contributed by atoms with Crippen molar-refractivity contribution in [3.05, 3.63) is 97.2 Å². The summed E-state index contributed by atoms with van der Waals surface area (Å²) in [4.78, 5) is 37.4. The summed E-state index contributed by atoms with van der Waals surface area (Å²) in [6.07, 6.45) is 58.6. The molecule has 0 aromatic rings. The fourth-order valence-corrected chi connectivity index (χ4v) is 5.64. The summed E-state index contributed by atoms with van der Waals surface area (Å²) in [5, 5.41) is 0. The molecule has 0 spiro atoms. The quantitative estimate of drug-likeness (QED) is 0.0267. The minimum Gasteiger partial charge on any atom is -0.462 e. The Labute approximate surface area is 349 Å². The standard InChI is InChI=1S/C51H82O6/c1-4-7-10-13-15-17-19-20-21-22-23-24-25-26-27-28-29-30-32-33-35-38-41-44-50(53)56-47-48(46-55-49(52)43-40-37-12-9-6-3)57-51(54)45-42-39-36-34-31-18-16-14-11-8-5-2/h7,10,14-17,20-21,23-24,26-27,29-30,33,35,48H,4-6,8-9,11-13,18-19,22,25,28,31-32,34,36-47H2,1-3H3/b10-7-,16-14-,17-15-,21-20-,24-23-,27-26-,30-29-,35-33-. The van der Waals surface area contributed by atoms with Crippen molar-refractivity contribution in [1.82, 2.24) is 0 Å². The van der Waals surface area contributed by atoms with Crippen LogP contribution >= 0.6 is 0 Å². The van der Waals surface area contributed by atoms with E-state index in [0.29, 0.717) is 19.3 Å². The molecule has 0 aliphatic rings. The Bertz CT molecular complexity index is 1180. The van der Waals surface area contributed by atoms with Crippen LogP contribution < -0.4 is 0 Å². The topological polar surface area (TPSA) is 78.9 Å². The molecule has 0 N–H and O–H groups in total. The van der Waals surface area contributed by atoms with E-state index in [1.165, 1.54) is 25.7 Å². The van der Waals surface area contributed by atoms with Gasteiger partial charge >= 0.3 is 17.9 Å². The van der Waals surface area contributed by atoms with Gasteiger partial charge in [0.05, 0.1) is 0 Å². The molecule has 6 heteroatoms. The molecule has 6 nitrogen and oxygen atoms in total. The minimum atomic E-state index is -0.800. The predicted octanol–water partition coefficient (Wildman–Crippen LogP) is 14.6. The van der Waals surface area contributed by atoms with Crippen molar-refractivity contribution in [2.75, 3.05) is 13.2 Å². The first-order valence-electron chi connectivity index (χ1n) is 22.7. The van der Waals surface area contributed by atoms with Crippen LogP contribution in [0, 0.1) is 0 Å². The van der Waals surface area contributed by atoms with Gasteiger partial charge in [-0.1, -0.05) is 176 Å². The largest absolute Gasteiger partial charge is 0.462 e. The first kappa shape index (κ1) is 53.3. The summed E-state index contributed by atoms with van der Waals surface area (Å²) in [7, 11) is 0. The lowest BCUT2D eigenvalue weighted by Gasteiger charge is -2.18. The second-order valence-corrected chi connectivity index (χ2v) is 14.6. The molecule has 0 radical (unpaired) electrons. The maximum atomic E-state index is 12.6. The summed E-state index contributed by atoms with van der Waals surface area (Å²) < 4.78 is 16.5. The van der Waals surface area contributed by atoms with Crippen molar-refractivity contribution in [1.29, 1.82) is 0 Å². The van der Waals surface area contributed by atoms with Gasteiger partial charge in [0.2, 0.25) is 0 Å². The van der Waals surface area contributed by atoms with Crippen molar-refractivity contribution in [3.63, 3.8) is 0 Å². The average Bonchev–Trinajstić information content (AvgIpc) is 3.21. The van der Waals surface area contributed by atoms with Gasteiger partial charge in [0, 0.05) is 19.3 Å². The highest BCUT2D eigenvalue weighted by atomic mass is 16.6. The molecule has 0 aliphatic carbocycles. The Morgan fingerprint density at radius 1 is 0.368 bits per heavy atom. The van der Waals surface area contributed by atoms with Crippen LogP contribution in [-0.2, 0) is 28.6 Å². The summed E-state index contributed by atoms with van der Waals surface area (Å²) in [5.41, 5.74) is 0. The number of rotatable bonds is 39. The number of hydrogen-bond donors (Lipinski definition) is 0. The number of carbonyl (C=O) groups is 3. The van der Waals surface area contributed by atoms with E-state index in [0.717, 1.165) is 116 Å².